The molecule has 1 atom stereocenters. The van der Waals surface area contributed by atoms with Crippen molar-refractivity contribution in [1.82, 2.24) is 15.1 Å². The van der Waals surface area contributed by atoms with E-state index in [2.05, 4.69) is 44.3 Å². The zero-order valence-corrected chi connectivity index (χ0v) is 12.0. The highest BCUT2D eigenvalue weighted by molar-refractivity contribution is 5.04. The number of hydrogen-bond donors (Lipinski definition) is 1. The lowest BCUT2D eigenvalue weighted by Gasteiger charge is -2.26. The average molecular weight is 237 g/mol. The minimum atomic E-state index is 0.391. The third-order valence-electron chi connectivity index (χ3n) is 2.89. The van der Waals surface area contributed by atoms with Gasteiger partial charge in [-0.05, 0) is 36.8 Å². The molecule has 0 aliphatic carbocycles. The van der Waals surface area contributed by atoms with Gasteiger partial charge in [-0.25, -0.2) is 0 Å². The SMILES string of the molecule is CCNC(CCc1cnn(C)c1)CC(C)(C)C. The summed E-state index contributed by atoms with van der Waals surface area (Å²) in [7, 11) is 1.97. The first kappa shape index (κ1) is 14.2. The van der Waals surface area contributed by atoms with Gasteiger partial charge in [0.2, 0.25) is 0 Å². The lowest BCUT2D eigenvalue weighted by atomic mass is 9.86. The Balaban J connectivity index is 2.44. The first-order valence-corrected chi connectivity index (χ1v) is 6.61. The van der Waals surface area contributed by atoms with Gasteiger partial charge in [0.15, 0.2) is 0 Å². The van der Waals surface area contributed by atoms with Crippen molar-refractivity contribution in [3.05, 3.63) is 18.0 Å². The van der Waals surface area contributed by atoms with Crippen LogP contribution in [0, 0.1) is 5.41 Å². The Bertz CT molecular complexity index is 322. The monoisotopic (exact) mass is 237 g/mol. The maximum atomic E-state index is 4.21. The normalized spacial score (nSPS) is 13.9. The lowest BCUT2D eigenvalue weighted by Crippen LogP contribution is -2.33. The first-order valence-electron chi connectivity index (χ1n) is 6.61. The predicted octanol–water partition coefficient (Wildman–Crippen LogP) is 2.77. The van der Waals surface area contributed by atoms with E-state index < -0.39 is 0 Å². The number of nitrogens with one attached hydrogen (secondary N) is 1. The maximum absolute atomic E-state index is 4.21. The van der Waals surface area contributed by atoms with Gasteiger partial charge in [-0.2, -0.15) is 5.10 Å². The number of rotatable bonds is 6. The van der Waals surface area contributed by atoms with Gasteiger partial charge in [0.25, 0.3) is 0 Å². The van der Waals surface area contributed by atoms with E-state index in [1.54, 1.807) is 0 Å². The smallest absolute Gasteiger partial charge is 0.0521 e. The van der Waals surface area contributed by atoms with Crippen LogP contribution in [0.1, 0.15) is 46.1 Å². The maximum Gasteiger partial charge on any atom is 0.0521 e. The van der Waals surface area contributed by atoms with Crippen LogP contribution in [0.25, 0.3) is 0 Å². The molecule has 17 heavy (non-hydrogen) atoms. The molecule has 0 bridgehead atoms. The van der Waals surface area contributed by atoms with Gasteiger partial charge in [-0.3, -0.25) is 4.68 Å². The molecule has 0 spiro atoms. The van der Waals surface area contributed by atoms with Crippen molar-refractivity contribution in [1.29, 1.82) is 0 Å². The van der Waals surface area contributed by atoms with Gasteiger partial charge in [0.05, 0.1) is 6.20 Å². The number of hydrogen-bond acceptors (Lipinski definition) is 2. The van der Waals surface area contributed by atoms with E-state index in [4.69, 9.17) is 0 Å². The van der Waals surface area contributed by atoms with Gasteiger partial charge in [-0.1, -0.05) is 27.7 Å². The van der Waals surface area contributed by atoms with Crippen molar-refractivity contribution in [2.24, 2.45) is 12.5 Å². The Morgan fingerprint density at radius 2 is 2.12 bits per heavy atom. The quantitative estimate of drug-likeness (QED) is 0.824. The number of nitrogens with zero attached hydrogens (tertiary/aromatic N) is 2. The molecule has 0 aliphatic heterocycles. The van der Waals surface area contributed by atoms with Crippen molar-refractivity contribution in [2.75, 3.05) is 6.54 Å². The Morgan fingerprint density at radius 1 is 1.41 bits per heavy atom. The van der Waals surface area contributed by atoms with E-state index in [0.29, 0.717) is 11.5 Å². The van der Waals surface area contributed by atoms with E-state index in [0.717, 1.165) is 13.0 Å². The highest BCUT2D eigenvalue weighted by Crippen LogP contribution is 2.22. The molecule has 0 fully saturated rings. The first-order chi connectivity index (χ1) is 7.90. The Morgan fingerprint density at radius 3 is 2.59 bits per heavy atom. The summed E-state index contributed by atoms with van der Waals surface area (Å²) >= 11 is 0. The van der Waals surface area contributed by atoms with Crippen molar-refractivity contribution in [3.63, 3.8) is 0 Å². The third-order valence-corrected chi connectivity index (χ3v) is 2.89. The topological polar surface area (TPSA) is 29.9 Å². The molecule has 1 heterocycles. The van der Waals surface area contributed by atoms with Crippen LogP contribution in [0.3, 0.4) is 0 Å². The molecular weight excluding hydrogens is 210 g/mol. The molecule has 1 unspecified atom stereocenters. The molecule has 0 saturated heterocycles. The standard InChI is InChI=1S/C14H27N3/c1-6-15-13(9-14(2,3)4)8-7-12-10-16-17(5)11-12/h10-11,13,15H,6-9H2,1-5H3. The Kier molecular flexibility index (Phi) is 5.19. The lowest BCUT2D eigenvalue weighted by molar-refractivity contribution is 0.301. The fourth-order valence-electron chi connectivity index (χ4n) is 2.25. The zero-order valence-electron chi connectivity index (χ0n) is 12.0. The van der Waals surface area contributed by atoms with Gasteiger partial charge in [0.1, 0.15) is 0 Å². The molecule has 1 N–H and O–H groups in total. The molecule has 0 saturated carbocycles. The predicted molar refractivity (Wildman–Crippen MR) is 73.1 cm³/mol. The molecule has 3 heteroatoms. The summed E-state index contributed by atoms with van der Waals surface area (Å²) in [5, 5.41) is 7.80. The summed E-state index contributed by atoms with van der Waals surface area (Å²) < 4.78 is 1.88. The van der Waals surface area contributed by atoms with E-state index in [1.807, 2.05) is 17.9 Å². The van der Waals surface area contributed by atoms with Crippen molar-refractivity contribution < 1.29 is 0 Å². The van der Waals surface area contributed by atoms with Crippen molar-refractivity contribution >= 4 is 0 Å². The largest absolute Gasteiger partial charge is 0.314 e. The van der Waals surface area contributed by atoms with Gasteiger partial charge < -0.3 is 5.32 Å². The Hall–Kier alpha value is -0.830. The van der Waals surface area contributed by atoms with E-state index in [1.165, 1.54) is 18.4 Å². The van der Waals surface area contributed by atoms with Crippen LogP contribution in [0.5, 0.6) is 0 Å². The van der Waals surface area contributed by atoms with Crippen LogP contribution in [0.2, 0.25) is 0 Å². The molecule has 0 aromatic carbocycles. The minimum Gasteiger partial charge on any atom is -0.314 e. The van der Waals surface area contributed by atoms with Gasteiger partial charge >= 0.3 is 0 Å². The summed E-state index contributed by atoms with van der Waals surface area (Å²) in [6.45, 7) is 10.2. The van der Waals surface area contributed by atoms with Crippen LogP contribution in [0.4, 0.5) is 0 Å². The second-order valence-corrected chi connectivity index (χ2v) is 6.08. The van der Waals surface area contributed by atoms with E-state index >= 15 is 0 Å². The number of aryl methyl sites for hydroxylation is 2. The molecule has 1 rings (SSSR count). The van der Waals surface area contributed by atoms with Gasteiger partial charge in [-0.15, -0.1) is 0 Å². The molecule has 3 nitrogen and oxygen atoms in total. The molecule has 98 valence electrons. The summed E-state index contributed by atoms with van der Waals surface area (Å²) in [4.78, 5) is 0. The third kappa shape index (κ3) is 5.87. The van der Waals surface area contributed by atoms with Crippen LogP contribution >= 0.6 is 0 Å². The molecule has 0 aliphatic rings. The highest BCUT2D eigenvalue weighted by atomic mass is 15.2. The summed E-state index contributed by atoms with van der Waals surface area (Å²) in [5.41, 5.74) is 1.73. The van der Waals surface area contributed by atoms with E-state index in [9.17, 15) is 0 Å². The second kappa shape index (κ2) is 6.20. The second-order valence-electron chi connectivity index (χ2n) is 6.08. The summed E-state index contributed by atoms with van der Waals surface area (Å²) in [6.07, 6.45) is 7.61. The zero-order chi connectivity index (χ0) is 12.9. The molecular formula is C14H27N3. The van der Waals surface area contributed by atoms with Crippen LogP contribution in [0.15, 0.2) is 12.4 Å². The van der Waals surface area contributed by atoms with Crippen LogP contribution in [-0.4, -0.2) is 22.4 Å². The molecule has 0 radical (unpaired) electrons. The fourth-order valence-corrected chi connectivity index (χ4v) is 2.25. The summed E-state index contributed by atoms with van der Waals surface area (Å²) in [6, 6.07) is 0.611. The molecule has 1 aromatic heterocycles. The van der Waals surface area contributed by atoms with E-state index in [-0.39, 0.29) is 0 Å². The van der Waals surface area contributed by atoms with Gasteiger partial charge in [0, 0.05) is 19.3 Å². The molecule has 0 amide bonds. The van der Waals surface area contributed by atoms with Crippen LogP contribution in [-0.2, 0) is 13.5 Å². The number of aromatic nitrogens is 2. The minimum absolute atomic E-state index is 0.391. The summed E-state index contributed by atoms with van der Waals surface area (Å²) in [5.74, 6) is 0. The fraction of sp³-hybridized carbons (Fsp3) is 0.786. The average Bonchev–Trinajstić information content (AvgIpc) is 2.59. The van der Waals surface area contributed by atoms with Crippen LogP contribution < -0.4 is 5.32 Å². The van der Waals surface area contributed by atoms with Crippen molar-refractivity contribution in [2.45, 2.75) is 53.0 Å². The van der Waals surface area contributed by atoms with Crippen molar-refractivity contribution in [3.8, 4) is 0 Å². The Labute approximate surface area is 106 Å². The highest BCUT2D eigenvalue weighted by Gasteiger charge is 2.17. The molecule has 1 aromatic rings.